The first kappa shape index (κ1) is 12.2. The molecule has 4 heteroatoms. The Balaban J connectivity index is 2.02. The second kappa shape index (κ2) is 5.40. The largest absolute Gasteiger partial charge is 0.497 e. The Morgan fingerprint density at radius 1 is 1.28 bits per heavy atom. The lowest BCUT2D eigenvalue weighted by atomic mass is 10.2. The van der Waals surface area contributed by atoms with Crippen LogP contribution in [0.2, 0.25) is 0 Å². The lowest BCUT2D eigenvalue weighted by Crippen LogP contribution is -2.26. The van der Waals surface area contributed by atoms with E-state index in [0.717, 1.165) is 11.3 Å². The van der Waals surface area contributed by atoms with Crippen molar-refractivity contribution in [3.05, 3.63) is 53.9 Å². The third-order valence-electron chi connectivity index (χ3n) is 2.75. The summed E-state index contributed by atoms with van der Waals surface area (Å²) < 4.78 is 5.09. The van der Waals surface area contributed by atoms with Gasteiger partial charge in [0, 0.05) is 19.8 Å². The van der Waals surface area contributed by atoms with E-state index in [2.05, 4.69) is 4.98 Å². The molecule has 0 fully saturated rings. The van der Waals surface area contributed by atoms with Crippen LogP contribution in [0.4, 0.5) is 0 Å². The molecule has 1 heterocycles. The number of amides is 1. The third kappa shape index (κ3) is 2.71. The lowest BCUT2D eigenvalue weighted by Gasteiger charge is -2.16. The summed E-state index contributed by atoms with van der Waals surface area (Å²) in [6.07, 6.45) is 1.74. The molecule has 4 nitrogen and oxygen atoms in total. The number of nitrogens with one attached hydrogen (secondary N) is 1. The van der Waals surface area contributed by atoms with Crippen LogP contribution in [-0.2, 0) is 6.54 Å². The van der Waals surface area contributed by atoms with Gasteiger partial charge >= 0.3 is 0 Å². The Hall–Kier alpha value is -2.23. The molecular formula is C14H16N2O2. The summed E-state index contributed by atoms with van der Waals surface area (Å²) in [7, 11) is 3.42. The molecule has 2 rings (SSSR count). The number of carbonyl (C=O) groups excluding carboxylic acids is 1. The zero-order chi connectivity index (χ0) is 13.0. The molecule has 0 bridgehead atoms. The Morgan fingerprint density at radius 3 is 2.56 bits per heavy atom. The highest BCUT2D eigenvalue weighted by atomic mass is 16.5. The van der Waals surface area contributed by atoms with E-state index >= 15 is 0 Å². The molecule has 1 N–H and O–H groups in total. The number of benzene rings is 1. The topological polar surface area (TPSA) is 45.3 Å². The number of nitrogens with zero attached hydrogens (tertiary/aromatic N) is 1. The Bertz CT molecular complexity index is 503. The summed E-state index contributed by atoms with van der Waals surface area (Å²) in [5, 5.41) is 0. The normalized spacial score (nSPS) is 10.1. The molecule has 0 saturated heterocycles. The molecule has 94 valence electrons. The average molecular weight is 244 g/mol. The first-order chi connectivity index (χ1) is 8.70. The number of rotatable bonds is 4. The Kier molecular flexibility index (Phi) is 3.67. The zero-order valence-corrected chi connectivity index (χ0v) is 10.5. The fraction of sp³-hybridized carbons (Fsp3) is 0.214. The highest BCUT2D eigenvalue weighted by Gasteiger charge is 2.12. The molecule has 1 aromatic carbocycles. The molecule has 0 aliphatic carbocycles. The van der Waals surface area contributed by atoms with Gasteiger partial charge in [0.25, 0.3) is 5.91 Å². The fourth-order valence-corrected chi connectivity index (χ4v) is 1.75. The first-order valence-electron chi connectivity index (χ1n) is 5.72. The molecule has 0 aliphatic rings. The number of ether oxygens (including phenoxy) is 1. The monoisotopic (exact) mass is 244 g/mol. The molecular weight excluding hydrogens is 228 g/mol. The van der Waals surface area contributed by atoms with Gasteiger partial charge in [-0.3, -0.25) is 4.79 Å². The van der Waals surface area contributed by atoms with Crippen molar-refractivity contribution >= 4 is 5.91 Å². The van der Waals surface area contributed by atoms with Crippen LogP contribution < -0.4 is 4.74 Å². The van der Waals surface area contributed by atoms with Crippen LogP contribution in [-0.4, -0.2) is 29.9 Å². The molecule has 0 saturated carbocycles. The predicted molar refractivity (Wildman–Crippen MR) is 69.6 cm³/mol. The van der Waals surface area contributed by atoms with Gasteiger partial charge in [0.1, 0.15) is 11.4 Å². The van der Waals surface area contributed by atoms with Gasteiger partial charge in [0.15, 0.2) is 0 Å². The van der Waals surface area contributed by atoms with Crippen LogP contribution in [0.25, 0.3) is 0 Å². The number of aromatic amines is 1. The van der Waals surface area contributed by atoms with E-state index in [4.69, 9.17) is 4.74 Å². The van der Waals surface area contributed by atoms with E-state index in [1.807, 2.05) is 30.3 Å². The second-order valence-corrected chi connectivity index (χ2v) is 4.09. The van der Waals surface area contributed by atoms with Crippen molar-refractivity contribution in [2.45, 2.75) is 6.54 Å². The summed E-state index contributed by atoms with van der Waals surface area (Å²) in [5.74, 6) is 0.799. The van der Waals surface area contributed by atoms with E-state index in [-0.39, 0.29) is 5.91 Å². The van der Waals surface area contributed by atoms with Crippen LogP contribution in [0.5, 0.6) is 5.75 Å². The maximum atomic E-state index is 12.0. The van der Waals surface area contributed by atoms with Gasteiger partial charge in [-0.2, -0.15) is 0 Å². The van der Waals surface area contributed by atoms with E-state index in [0.29, 0.717) is 12.2 Å². The first-order valence-corrected chi connectivity index (χ1v) is 5.72. The molecule has 0 unspecified atom stereocenters. The quantitative estimate of drug-likeness (QED) is 0.897. The van der Waals surface area contributed by atoms with Gasteiger partial charge in [-0.15, -0.1) is 0 Å². The molecule has 18 heavy (non-hydrogen) atoms. The smallest absolute Gasteiger partial charge is 0.270 e. The second-order valence-electron chi connectivity index (χ2n) is 4.09. The maximum absolute atomic E-state index is 12.0. The zero-order valence-electron chi connectivity index (χ0n) is 10.5. The minimum absolute atomic E-state index is 0.0178. The summed E-state index contributed by atoms with van der Waals surface area (Å²) >= 11 is 0. The fourth-order valence-electron chi connectivity index (χ4n) is 1.75. The van der Waals surface area contributed by atoms with Gasteiger partial charge < -0.3 is 14.6 Å². The van der Waals surface area contributed by atoms with Crippen LogP contribution in [0.15, 0.2) is 42.6 Å². The summed E-state index contributed by atoms with van der Waals surface area (Å²) in [5.41, 5.74) is 1.67. The minimum Gasteiger partial charge on any atom is -0.497 e. The number of aromatic nitrogens is 1. The van der Waals surface area contributed by atoms with E-state index in [9.17, 15) is 4.79 Å². The average Bonchev–Trinajstić information content (AvgIpc) is 2.92. The standard InChI is InChI=1S/C14H16N2O2/c1-16(14(17)13-4-3-9-15-13)10-11-5-7-12(18-2)8-6-11/h3-9,15H,10H2,1-2H3. The molecule has 0 radical (unpaired) electrons. The van der Waals surface area contributed by atoms with E-state index < -0.39 is 0 Å². The number of carbonyl (C=O) groups is 1. The van der Waals surface area contributed by atoms with Gasteiger partial charge in [0.05, 0.1) is 7.11 Å². The van der Waals surface area contributed by atoms with Crippen molar-refractivity contribution in [3.63, 3.8) is 0 Å². The van der Waals surface area contributed by atoms with Crippen molar-refractivity contribution in [2.75, 3.05) is 14.2 Å². The summed E-state index contributed by atoms with van der Waals surface area (Å²) in [6, 6.07) is 11.3. The number of H-pyrrole nitrogens is 1. The number of hydrogen-bond donors (Lipinski definition) is 1. The summed E-state index contributed by atoms with van der Waals surface area (Å²) in [4.78, 5) is 16.6. The van der Waals surface area contributed by atoms with Crippen molar-refractivity contribution < 1.29 is 9.53 Å². The highest BCUT2D eigenvalue weighted by molar-refractivity contribution is 5.92. The lowest BCUT2D eigenvalue weighted by molar-refractivity contribution is 0.0780. The number of methoxy groups -OCH3 is 1. The van der Waals surface area contributed by atoms with Gasteiger partial charge in [0.2, 0.25) is 0 Å². The molecule has 0 aliphatic heterocycles. The Labute approximate surface area is 106 Å². The predicted octanol–water partition coefficient (Wildman–Crippen LogP) is 2.30. The molecule has 0 spiro atoms. The van der Waals surface area contributed by atoms with Crippen LogP contribution >= 0.6 is 0 Å². The van der Waals surface area contributed by atoms with Crippen molar-refractivity contribution in [2.24, 2.45) is 0 Å². The SMILES string of the molecule is COc1ccc(CN(C)C(=O)c2ccc[nH]2)cc1. The molecule has 0 atom stereocenters. The minimum atomic E-state index is -0.0178. The van der Waals surface area contributed by atoms with Crippen LogP contribution in [0, 0.1) is 0 Å². The van der Waals surface area contributed by atoms with Crippen LogP contribution in [0.1, 0.15) is 16.1 Å². The van der Waals surface area contributed by atoms with E-state index in [1.165, 1.54) is 0 Å². The highest BCUT2D eigenvalue weighted by Crippen LogP contribution is 2.13. The van der Waals surface area contributed by atoms with Gasteiger partial charge in [-0.1, -0.05) is 12.1 Å². The summed E-state index contributed by atoms with van der Waals surface area (Å²) in [6.45, 7) is 0.571. The Morgan fingerprint density at radius 2 is 2.00 bits per heavy atom. The maximum Gasteiger partial charge on any atom is 0.270 e. The van der Waals surface area contributed by atoms with Crippen LogP contribution in [0.3, 0.4) is 0 Å². The number of hydrogen-bond acceptors (Lipinski definition) is 2. The molecule has 2 aromatic rings. The third-order valence-corrected chi connectivity index (χ3v) is 2.75. The van der Waals surface area contributed by atoms with Gasteiger partial charge in [-0.25, -0.2) is 0 Å². The van der Waals surface area contributed by atoms with E-state index in [1.54, 1.807) is 31.3 Å². The van der Waals surface area contributed by atoms with Crippen molar-refractivity contribution in [1.29, 1.82) is 0 Å². The van der Waals surface area contributed by atoms with Crippen molar-refractivity contribution in [3.8, 4) is 5.75 Å². The van der Waals surface area contributed by atoms with Gasteiger partial charge in [-0.05, 0) is 29.8 Å². The van der Waals surface area contributed by atoms with Crippen molar-refractivity contribution in [1.82, 2.24) is 9.88 Å². The molecule has 1 amide bonds. The molecule has 1 aromatic heterocycles.